The average molecular weight is 334 g/mol. The number of hydrogen-bond donors (Lipinski definition) is 0. The highest BCUT2D eigenvalue weighted by atomic mass is 35.7. The standard InChI is InChI=1S/C14H17ClFNO3S/c1-2-17(10-5-3-4-6-10)14(18)12-8-7-11(9-13(12)16)21(15,19)20/h7-10H,2-6H2,1H3. The third-order valence-corrected chi connectivity index (χ3v) is 5.17. The van der Waals surface area contributed by atoms with Crippen LogP contribution in [0.5, 0.6) is 0 Å². The van der Waals surface area contributed by atoms with E-state index < -0.39 is 20.8 Å². The Labute approximate surface area is 128 Å². The summed E-state index contributed by atoms with van der Waals surface area (Å²) in [6.07, 6.45) is 3.99. The third-order valence-electron chi connectivity index (χ3n) is 3.82. The molecule has 0 radical (unpaired) electrons. The first kappa shape index (κ1) is 16.2. The Morgan fingerprint density at radius 1 is 1.38 bits per heavy atom. The van der Waals surface area contributed by atoms with Crippen molar-refractivity contribution in [3.8, 4) is 0 Å². The Morgan fingerprint density at radius 3 is 2.48 bits per heavy atom. The fourth-order valence-electron chi connectivity index (χ4n) is 2.76. The van der Waals surface area contributed by atoms with Gasteiger partial charge in [0.1, 0.15) is 5.82 Å². The Bertz CT molecular complexity index is 642. The lowest BCUT2D eigenvalue weighted by Crippen LogP contribution is -2.39. The number of hydrogen-bond acceptors (Lipinski definition) is 3. The minimum Gasteiger partial charge on any atom is -0.336 e. The van der Waals surface area contributed by atoms with Crippen molar-refractivity contribution < 1.29 is 17.6 Å². The molecule has 1 aromatic carbocycles. The van der Waals surface area contributed by atoms with Crippen LogP contribution in [0.3, 0.4) is 0 Å². The number of rotatable bonds is 4. The van der Waals surface area contributed by atoms with Crippen LogP contribution in [0.4, 0.5) is 4.39 Å². The van der Waals surface area contributed by atoms with E-state index in [1.54, 1.807) is 4.90 Å². The monoisotopic (exact) mass is 333 g/mol. The molecule has 21 heavy (non-hydrogen) atoms. The van der Waals surface area contributed by atoms with Gasteiger partial charge in [0.15, 0.2) is 0 Å². The van der Waals surface area contributed by atoms with Crippen molar-refractivity contribution in [3.63, 3.8) is 0 Å². The average Bonchev–Trinajstić information content (AvgIpc) is 2.92. The van der Waals surface area contributed by atoms with E-state index in [1.165, 1.54) is 6.07 Å². The maximum atomic E-state index is 14.0. The normalized spacial score (nSPS) is 16.1. The van der Waals surface area contributed by atoms with Crippen molar-refractivity contribution in [1.29, 1.82) is 0 Å². The smallest absolute Gasteiger partial charge is 0.261 e. The highest BCUT2D eigenvalue weighted by Gasteiger charge is 2.28. The molecule has 0 spiro atoms. The van der Waals surface area contributed by atoms with Gasteiger partial charge in [0.05, 0.1) is 10.5 Å². The molecule has 0 heterocycles. The van der Waals surface area contributed by atoms with E-state index >= 15 is 0 Å². The van der Waals surface area contributed by atoms with Crippen LogP contribution in [0, 0.1) is 5.82 Å². The van der Waals surface area contributed by atoms with E-state index in [1.807, 2.05) is 6.92 Å². The molecular formula is C14H17ClFNO3S. The van der Waals surface area contributed by atoms with E-state index in [9.17, 15) is 17.6 Å². The molecule has 0 N–H and O–H groups in total. The fraction of sp³-hybridized carbons (Fsp3) is 0.500. The van der Waals surface area contributed by atoms with Gasteiger partial charge in [0.2, 0.25) is 0 Å². The lowest BCUT2D eigenvalue weighted by atomic mass is 10.1. The molecule has 1 aliphatic rings. The molecular weight excluding hydrogens is 317 g/mol. The Morgan fingerprint density at radius 2 is 2.00 bits per heavy atom. The second-order valence-electron chi connectivity index (χ2n) is 5.11. The quantitative estimate of drug-likeness (QED) is 0.795. The molecule has 0 aromatic heterocycles. The zero-order valence-electron chi connectivity index (χ0n) is 11.7. The van der Waals surface area contributed by atoms with Crippen molar-refractivity contribution in [2.75, 3.05) is 6.54 Å². The van der Waals surface area contributed by atoms with E-state index in [4.69, 9.17) is 10.7 Å². The summed E-state index contributed by atoms with van der Waals surface area (Å²) in [6, 6.07) is 3.27. The number of halogens is 2. The highest BCUT2D eigenvalue weighted by Crippen LogP contribution is 2.26. The first-order valence-electron chi connectivity index (χ1n) is 6.89. The summed E-state index contributed by atoms with van der Waals surface area (Å²) in [4.78, 5) is 13.8. The molecule has 0 bridgehead atoms. The van der Waals surface area contributed by atoms with Gasteiger partial charge < -0.3 is 4.90 Å². The van der Waals surface area contributed by atoms with Gasteiger partial charge in [-0.1, -0.05) is 12.8 Å². The van der Waals surface area contributed by atoms with Crippen molar-refractivity contribution in [3.05, 3.63) is 29.6 Å². The van der Waals surface area contributed by atoms with E-state index in [-0.39, 0.29) is 16.5 Å². The highest BCUT2D eigenvalue weighted by molar-refractivity contribution is 8.13. The fourth-order valence-corrected chi connectivity index (χ4v) is 3.52. The topological polar surface area (TPSA) is 54.5 Å². The lowest BCUT2D eigenvalue weighted by Gasteiger charge is -2.27. The van der Waals surface area contributed by atoms with Gasteiger partial charge in [0.25, 0.3) is 15.0 Å². The molecule has 1 aromatic rings. The van der Waals surface area contributed by atoms with Crippen molar-refractivity contribution in [2.45, 2.75) is 43.5 Å². The van der Waals surface area contributed by atoms with Crippen LogP contribution in [-0.4, -0.2) is 31.8 Å². The van der Waals surface area contributed by atoms with Crippen molar-refractivity contribution >= 4 is 25.6 Å². The Kier molecular flexibility index (Phi) is 4.88. The molecule has 0 aliphatic heterocycles. The zero-order valence-corrected chi connectivity index (χ0v) is 13.3. The van der Waals surface area contributed by atoms with Crippen LogP contribution in [0.1, 0.15) is 43.0 Å². The first-order valence-corrected chi connectivity index (χ1v) is 9.20. The predicted molar refractivity (Wildman–Crippen MR) is 78.4 cm³/mol. The van der Waals surface area contributed by atoms with Crippen molar-refractivity contribution in [1.82, 2.24) is 4.90 Å². The van der Waals surface area contributed by atoms with Crippen LogP contribution in [-0.2, 0) is 9.05 Å². The van der Waals surface area contributed by atoms with Crippen LogP contribution < -0.4 is 0 Å². The van der Waals surface area contributed by atoms with E-state index in [0.717, 1.165) is 37.8 Å². The van der Waals surface area contributed by atoms with Crippen LogP contribution in [0.15, 0.2) is 23.1 Å². The Balaban J connectivity index is 2.30. The second-order valence-corrected chi connectivity index (χ2v) is 7.67. The first-order chi connectivity index (χ1) is 9.84. The van der Waals surface area contributed by atoms with Gasteiger partial charge in [-0.2, -0.15) is 0 Å². The zero-order chi connectivity index (χ0) is 15.6. The summed E-state index contributed by atoms with van der Waals surface area (Å²) in [7, 11) is 1.16. The summed E-state index contributed by atoms with van der Waals surface area (Å²) >= 11 is 0. The molecule has 0 atom stereocenters. The largest absolute Gasteiger partial charge is 0.336 e. The number of amides is 1. The third kappa shape index (κ3) is 3.55. The van der Waals surface area contributed by atoms with E-state index in [0.29, 0.717) is 6.54 Å². The van der Waals surface area contributed by atoms with Gasteiger partial charge in [-0.25, -0.2) is 12.8 Å². The number of benzene rings is 1. The van der Waals surface area contributed by atoms with Crippen LogP contribution >= 0.6 is 10.7 Å². The molecule has 1 amide bonds. The molecule has 0 unspecified atom stereocenters. The minimum absolute atomic E-state index is 0.118. The van der Waals surface area contributed by atoms with Crippen LogP contribution in [0.25, 0.3) is 0 Å². The minimum atomic E-state index is -4.00. The molecule has 0 saturated heterocycles. The number of carbonyl (C=O) groups excluding carboxylic acids is 1. The van der Waals surface area contributed by atoms with Gasteiger partial charge in [0, 0.05) is 23.3 Å². The summed E-state index contributed by atoms with van der Waals surface area (Å²) in [5.74, 6) is -1.27. The molecule has 1 aliphatic carbocycles. The molecule has 116 valence electrons. The maximum absolute atomic E-state index is 14.0. The number of nitrogens with zero attached hydrogens (tertiary/aromatic N) is 1. The van der Waals surface area contributed by atoms with Gasteiger partial charge in [-0.3, -0.25) is 4.79 Å². The second kappa shape index (κ2) is 6.32. The number of carbonyl (C=O) groups is 1. The molecule has 1 fully saturated rings. The van der Waals surface area contributed by atoms with Gasteiger partial charge in [-0.15, -0.1) is 0 Å². The molecule has 7 heteroatoms. The summed E-state index contributed by atoms with van der Waals surface area (Å²) in [5, 5.41) is 0. The van der Waals surface area contributed by atoms with Crippen LogP contribution in [0.2, 0.25) is 0 Å². The maximum Gasteiger partial charge on any atom is 0.261 e. The summed E-state index contributed by atoms with van der Waals surface area (Å²) in [6.45, 7) is 2.35. The van der Waals surface area contributed by atoms with Gasteiger partial charge >= 0.3 is 0 Å². The molecule has 2 rings (SSSR count). The van der Waals surface area contributed by atoms with E-state index in [2.05, 4.69) is 0 Å². The SMILES string of the molecule is CCN(C(=O)c1ccc(S(=O)(=O)Cl)cc1F)C1CCCC1. The lowest BCUT2D eigenvalue weighted by molar-refractivity contribution is 0.0688. The summed E-state index contributed by atoms with van der Waals surface area (Å²) in [5.41, 5.74) is -0.118. The predicted octanol–water partition coefficient (Wildman–Crippen LogP) is 3.16. The molecule has 1 saturated carbocycles. The molecule has 4 nitrogen and oxygen atoms in total. The Hall–Kier alpha value is -1.14. The summed E-state index contributed by atoms with van der Waals surface area (Å²) < 4.78 is 36.4. The van der Waals surface area contributed by atoms with Crippen molar-refractivity contribution in [2.24, 2.45) is 0 Å². The van der Waals surface area contributed by atoms with Gasteiger partial charge in [-0.05, 0) is 38.0 Å².